The predicted octanol–water partition coefficient (Wildman–Crippen LogP) is 1.54. The first-order chi connectivity index (χ1) is 8.33. The second kappa shape index (κ2) is 5.96. The van der Waals surface area contributed by atoms with Crippen molar-refractivity contribution in [1.29, 1.82) is 0 Å². The van der Waals surface area contributed by atoms with Gasteiger partial charge in [-0.1, -0.05) is 0 Å². The van der Waals surface area contributed by atoms with Crippen LogP contribution in [0.2, 0.25) is 0 Å². The van der Waals surface area contributed by atoms with Gasteiger partial charge in [0.2, 0.25) is 0 Å². The summed E-state index contributed by atoms with van der Waals surface area (Å²) in [6.07, 6.45) is 1.55. The summed E-state index contributed by atoms with van der Waals surface area (Å²) in [6, 6.07) is 4.13. The number of thioether (sulfide) groups is 1. The van der Waals surface area contributed by atoms with Gasteiger partial charge in [-0.25, -0.2) is 8.42 Å². The van der Waals surface area contributed by atoms with Gasteiger partial charge in [-0.2, -0.15) is 0 Å². The van der Waals surface area contributed by atoms with Gasteiger partial charge in [0.15, 0.2) is 6.29 Å². The summed E-state index contributed by atoms with van der Waals surface area (Å²) in [5, 5.41) is 10.6. The maximum absolute atomic E-state index is 10.9. The molecule has 0 spiro atoms. The minimum Gasteiger partial charge on any atom is -0.298 e. The van der Waals surface area contributed by atoms with Gasteiger partial charge in [-0.3, -0.25) is 14.9 Å². The number of rotatable bonds is 6. The number of sulfone groups is 1. The van der Waals surface area contributed by atoms with Crippen molar-refractivity contribution in [2.45, 2.75) is 4.90 Å². The highest BCUT2D eigenvalue weighted by Gasteiger charge is 2.13. The summed E-state index contributed by atoms with van der Waals surface area (Å²) in [5.74, 6) is 0.361. The first-order valence-corrected chi connectivity index (χ1v) is 7.92. The third kappa shape index (κ3) is 4.46. The molecule has 0 N–H and O–H groups in total. The molecule has 18 heavy (non-hydrogen) atoms. The molecule has 0 bridgehead atoms. The summed E-state index contributed by atoms with van der Waals surface area (Å²) >= 11 is 1.24. The van der Waals surface area contributed by atoms with E-state index in [1.54, 1.807) is 0 Å². The molecule has 0 amide bonds. The second-order valence-corrected chi connectivity index (χ2v) is 7.00. The first-order valence-electron chi connectivity index (χ1n) is 4.87. The van der Waals surface area contributed by atoms with Crippen LogP contribution in [0.4, 0.5) is 5.69 Å². The van der Waals surface area contributed by atoms with Gasteiger partial charge in [-0.15, -0.1) is 11.8 Å². The molecule has 0 radical (unpaired) electrons. The van der Waals surface area contributed by atoms with Crippen molar-refractivity contribution in [3.8, 4) is 0 Å². The van der Waals surface area contributed by atoms with Crippen molar-refractivity contribution in [3.05, 3.63) is 33.9 Å². The van der Waals surface area contributed by atoms with Crippen molar-refractivity contribution in [3.63, 3.8) is 0 Å². The lowest BCUT2D eigenvalue weighted by Crippen LogP contribution is -2.05. The van der Waals surface area contributed by atoms with Gasteiger partial charge in [0.1, 0.15) is 9.84 Å². The number of nitrogens with zero attached hydrogens (tertiary/aromatic N) is 1. The molecule has 1 aromatic rings. The Kier molecular flexibility index (Phi) is 4.85. The van der Waals surface area contributed by atoms with E-state index in [1.807, 2.05) is 0 Å². The quantitative estimate of drug-likeness (QED) is 0.341. The minimum atomic E-state index is -3.03. The molecule has 0 heterocycles. The van der Waals surface area contributed by atoms with Crippen LogP contribution >= 0.6 is 11.8 Å². The number of carbonyl (C=O) groups is 1. The van der Waals surface area contributed by atoms with Gasteiger partial charge in [-0.05, 0) is 12.1 Å². The number of nitro benzene ring substituents is 1. The molecule has 8 heteroatoms. The van der Waals surface area contributed by atoms with E-state index >= 15 is 0 Å². The Morgan fingerprint density at radius 3 is 2.61 bits per heavy atom. The van der Waals surface area contributed by atoms with Crippen LogP contribution in [0.3, 0.4) is 0 Å². The van der Waals surface area contributed by atoms with Gasteiger partial charge < -0.3 is 0 Å². The molecule has 6 nitrogen and oxygen atoms in total. The Morgan fingerprint density at radius 2 is 2.11 bits per heavy atom. The van der Waals surface area contributed by atoms with E-state index in [0.29, 0.717) is 16.9 Å². The number of hydrogen-bond acceptors (Lipinski definition) is 6. The molecule has 0 unspecified atom stereocenters. The zero-order chi connectivity index (χ0) is 13.8. The second-order valence-electron chi connectivity index (χ2n) is 3.57. The minimum absolute atomic E-state index is 0.00986. The number of carbonyl (C=O) groups excluding carboxylic acids is 1. The number of nitro groups is 1. The molecular weight excluding hydrogens is 278 g/mol. The Hall–Kier alpha value is -1.41. The van der Waals surface area contributed by atoms with E-state index in [4.69, 9.17) is 0 Å². The third-order valence-corrected chi connectivity index (χ3v) is 4.25. The number of aldehydes is 1. The fraction of sp³-hybridized carbons (Fsp3) is 0.300. The normalized spacial score (nSPS) is 11.2. The topological polar surface area (TPSA) is 94.3 Å². The maximum atomic E-state index is 10.9. The van der Waals surface area contributed by atoms with Crippen LogP contribution in [0.1, 0.15) is 10.4 Å². The molecule has 0 saturated carbocycles. The summed E-state index contributed by atoms with van der Waals surface area (Å²) in [4.78, 5) is 21.3. The standard InChI is InChI=1S/C10H11NO5S2/c1-18(15,16)5-4-17-9-2-3-10(11(13)14)8(6-9)7-12/h2-3,6-7H,4-5H2,1H3. The summed E-state index contributed by atoms with van der Waals surface area (Å²) < 4.78 is 21.9. The van der Waals surface area contributed by atoms with Crippen molar-refractivity contribution >= 4 is 33.6 Å². The van der Waals surface area contributed by atoms with Crippen LogP contribution in [0.15, 0.2) is 23.1 Å². The van der Waals surface area contributed by atoms with Crippen molar-refractivity contribution in [2.75, 3.05) is 17.8 Å². The lowest BCUT2D eigenvalue weighted by Gasteiger charge is -2.02. The van der Waals surface area contributed by atoms with Crippen LogP contribution in [0.5, 0.6) is 0 Å². The summed E-state index contributed by atoms with van der Waals surface area (Å²) in [7, 11) is -3.03. The third-order valence-electron chi connectivity index (χ3n) is 2.05. The molecule has 0 aromatic heterocycles. The number of hydrogen-bond donors (Lipinski definition) is 0. The van der Waals surface area contributed by atoms with Gasteiger partial charge >= 0.3 is 0 Å². The molecule has 1 rings (SSSR count). The highest BCUT2D eigenvalue weighted by molar-refractivity contribution is 8.00. The van der Waals surface area contributed by atoms with E-state index in [-0.39, 0.29) is 17.0 Å². The molecule has 0 atom stereocenters. The Bertz CT molecular complexity index is 568. The maximum Gasteiger partial charge on any atom is 0.279 e. The highest BCUT2D eigenvalue weighted by Crippen LogP contribution is 2.25. The van der Waals surface area contributed by atoms with E-state index in [9.17, 15) is 23.3 Å². The van der Waals surface area contributed by atoms with E-state index in [1.165, 1.54) is 30.0 Å². The molecule has 0 aliphatic rings. The predicted molar refractivity (Wildman–Crippen MR) is 68.9 cm³/mol. The van der Waals surface area contributed by atoms with Crippen molar-refractivity contribution in [1.82, 2.24) is 0 Å². The van der Waals surface area contributed by atoms with Crippen LogP contribution < -0.4 is 0 Å². The van der Waals surface area contributed by atoms with Crippen molar-refractivity contribution < 1.29 is 18.1 Å². The zero-order valence-electron chi connectivity index (χ0n) is 9.53. The molecular formula is C10H11NO5S2. The summed E-state index contributed by atoms with van der Waals surface area (Å²) in [5.41, 5.74) is -0.262. The Balaban J connectivity index is 2.80. The molecule has 0 aliphatic heterocycles. The van der Waals surface area contributed by atoms with E-state index < -0.39 is 14.8 Å². The molecule has 0 fully saturated rings. The molecule has 98 valence electrons. The van der Waals surface area contributed by atoms with Gasteiger partial charge in [0.05, 0.1) is 16.2 Å². The highest BCUT2D eigenvalue weighted by atomic mass is 32.2. The average Bonchev–Trinajstić information content (AvgIpc) is 2.26. The fourth-order valence-corrected chi connectivity index (χ4v) is 3.35. The Morgan fingerprint density at radius 1 is 1.44 bits per heavy atom. The van der Waals surface area contributed by atoms with Gasteiger partial charge in [0.25, 0.3) is 5.69 Å². The number of benzene rings is 1. The summed E-state index contributed by atoms with van der Waals surface area (Å²) in [6.45, 7) is 0. The molecule has 1 aromatic carbocycles. The smallest absolute Gasteiger partial charge is 0.279 e. The average molecular weight is 289 g/mol. The first kappa shape index (κ1) is 14.7. The monoisotopic (exact) mass is 289 g/mol. The van der Waals surface area contributed by atoms with E-state index in [2.05, 4.69) is 0 Å². The zero-order valence-corrected chi connectivity index (χ0v) is 11.2. The van der Waals surface area contributed by atoms with Crippen molar-refractivity contribution in [2.24, 2.45) is 0 Å². The van der Waals surface area contributed by atoms with Gasteiger partial charge in [0, 0.05) is 23.0 Å². The Labute approximate surface area is 108 Å². The van der Waals surface area contributed by atoms with E-state index in [0.717, 1.165) is 6.26 Å². The SMILES string of the molecule is CS(=O)(=O)CCSc1ccc([N+](=O)[O-])c(C=O)c1. The van der Waals surface area contributed by atoms with Crippen LogP contribution in [0, 0.1) is 10.1 Å². The van der Waals surface area contributed by atoms with Crippen LogP contribution in [-0.4, -0.2) is 37.4 Å². The molecule has 0 aliphatic carbocycles. The van der Waals surface area contributed by atoms with Crippen LogP contribution in [0.25, 0.3) is 0 Å². The van der Waals surface area contributed by atoms with Crippen LogP contribution in [-0.2, 0) is 9.84 Å². The lowest BCUT2D eigenvalue weighted by atomic mass is 10.2. The fourth-order valence-electron chi connectivity index (χ4n) is 1.19. The lowest BCUT2D eigenvalue weighted by molar-refractivity contribution is -0.385. The molecule has 0 saturated heterocycles. The largest absolute Gasteiger partial charge is 0.298 e.